The van der Waals surface area contributed by atoms with Gasteiger partial charge in [0.05, 0.1) is 0 Å². The lowest BCUT2D eigenvalue weighted by atomic mass is 9.97. The number of hydrogen-bond acceptors (Lipinski definition) is 3. The minimum absolute atomic E-state index is 0.214. The Balaban J connectivity index is 1.67. The highest BCUT2D eigenvalue weighted by atomic mass is 16.5. The van der Waals surface area contributed by atoms with Gasteiger partial charge in [-0.05, 0) is 30.2 Å². The first kappa shape index (κ1) is 13.9. The van der Waals surface area contributed by atoms with Gasteiger partial charge in [0.25, 0.3) is 0 Å². The van der Waals surface area contributed by atoms with Crippen LogP contribution in [0.15, 0.2) is 30.3 Å². The van der Waals surface area contributed by atoms with E-state index in [1.165, 1.54) is 0 Å². The summed E-state index contributed by atoms with van der Waals surface area (Å²) in [7, 11) is 0. The highest BCUT2D eigenvalue weighted by molar-refractivity contribution is 5.67. The summed E-state index contributed by atoms with van der Waals surface area (Å²) in [6.07, 6.45) is 2.88. The Hall–Kier alpha value is -1.55. The molecule has 19 heavy (non-hydrogen) atoms. The average Bonchev–Trinajstić information content (AvgIpc) is 2.91. The van der Waals surface area contributed by atoms with Crippen LogP contribution in [0.1, 0.15) is 24.8 Å². The first-order chi connectivity index (χ1) is 9.29. The van der Waals surface area contributed by atoms with Gasteiger partial charge in [0.15, 0.2) is 0 Å². The second-order valence-electron chi connectivity index (χ2n) is 5.08. The number of alkyl carbamates (subject to hydrolysis) is 1. The molecule has 1 aromatic carbocycles. The highest BCUT2D eigenvalue weighted by Gasteiger charge is 2.26. The van der Waals surface area contributed by atoms with Crippen molar-refractivity contribution in [1.29, 1.82) is 0 Å². The van der Waals surface area contributed by atoms with Crippen LogP contribution >= 0.6 is 0 Å². The zero-order valence-corrected chi connectivity index (χ0v) is 11.0. The van der Waals surface area contributed by atoms with Crippen molar-refractivity contribution in [2.24, 2.45) is 11.8 Å². The summed E-state index contributed by atoms with van der Waals surface area (Å²) in [5.74, 6) is 0.712. The molecular formula is C15H21NO3. The van der Waals surface area contributed by atoms with Crippen molar-refractivity contribution < 1.29 is 14.6 Å². The molecule has 2 atom stereocenters. The zero-order chi connectivity index (χ0) is 13.5. The third-order valence-corrected chi connectivity index (χ3v) is 3.77. The van der Waals surface area contributed by atoms with Crippen LogP contribution in [0.25, 0.3) is 0 Å². The van der Waals surface area contributed by atoms with Crippen molar-refractivity contribution in [3.63, 3.8) is 0 Å². The maximum atomic E-state index is 11.6. The molecule has 1 aliphatic rings. The molecule has 2 unspecified atom stereocenters. The monoisotopic (exact) mass is 263 g/mol. The average molecular weight is 263 g/mol. The van der Waals surface area contributed by atoms with Gasteiger partial charge in [-0.25, -0.2) is 4.79 Å². The Morgan fingerprint density at radius 3 is 2.74 bits per heavy atom. The number of carbonyl (C=O) groups excluding carboxylic acids is 1. The third-order valence-electron chi connectivity index (χ3n) is 3.77. The van der Waals surface area contributed by atoms with Gasteiger partial charge in [-0.15, -0.1) is 0 Å². The first-order valence-corrected chi connectivity index (χ1v) is 6.85. The normalized spacial score (nSPS) is 22.2. The number of amides is 1. The van der Waals surface area contributed by atoms with Crippen LogP contribution in [0.5, 0.6) is 0 Å². The number of hydrogen-bond donors (Lipinski definition) is 2. The fourth-order valence-electron chi connectivity index (χ4n) is 2.61. The van der Waals surface area contributed by atoms with E-state index in [0.717, 1.165) is 24.8 Å². The van der Waals surface area contributed by atoms with Crippen LogP contribution in [-0.2, 0) is 11.3 Å². The topological polar surface area (TPSA) is 58.6 Å². The molecule has 1 aromatic rings. The molecule has 2 N–H and O–H groups in total. The fourth-order valence-corrected chi connectivity index (χ4v) is 2.61. The van der Waals surface area contributed by atoms with E-state index < -0.39 is 0 Å². The number of ether oxygens (including phenoxy) is 1. The van der Waals surface area contributed by atoms with Gasteiger partial charge in [0, 0.05) is 13.2 Å². The molecule has 1 aliphatic carbocycles. The number of rotatable bonds is 5. The molecule has 1 amide bonds. The molecule has 4 nitrogen and oxygen atoms in total. The van der Waals surface area contributed by atoms with Crippen LogP contribution in [0.2, 0.25) is 0 Å². The Morgan fingerprint density at radius 2 is 2.00 bits per heavy atom. The molecule has 104 valence electrons. The highest BCUT2D eigenvalue weighted by Crippen LogP contribution is 2.30. The van der Waals surface area contributed by atoms with E-state index in [4.69, 9.17) is 4.74 Å². The molecule has 4 heteroatoms. The number of carbonyl (C=O) groups is 1. The lowest BCUT2D eigenvalue weighted by Gasteiger charge is -2.17. The number of benzene rings is 1. The van der Waals surface area contributed by atoms with Gasteiger partial charge in [0.2, 0.25) is 0 Å². The molecule has 0 spiro atoms. The van der Waals surface area contributed by atoms with Gasteiger partial charge in [-0.1, -0.05) is 36.8 Å². The summed E-state index contributed by atoms with van der Waals surface area (Å²) >= 11 is 0. The van der Waals surface area contributed by atoms with E-state index in [1.807, 2.05) is 30.3 Å². The van der Waals surface area contributed by atoms with Gasteiger partial charge < -0.3 is 15.2 Å². The van der Waals surface area contributed by atoms with E-state index in [1.54, 1.807) is 0 Å². The summed E-state index contributed by atoms with van der Waals surface area (Å²) in [6, 6.07) is 9.61. The molecule has 1 fully saturated rings. The minimum atomic E-state index is -0.382. The first-order valence-electron chi connectivity index (χ1n) is 6.85. The second-order valence-corrected chi connectivity index (χ2v) is 5.08. The van der Waals surface area contributed by atoms with E-state index in [2.05, 4.69) is 5.32 Å². The van der Waals surface area contributed by atoms with Crippen molar-refractivity contribution in [3.05, 3.63) is 35.9 Å². The summed E-state index contributed by atoms with van der Waals surface area (Å²) in [6.45, 7) is 1.10. The van der Waals surface area contributed by atoms with Crippen LogP contribution < -0.4 is 5.32 Å². The van der Waals surface area contributed by atoms with Gasteiger partial charge in [-0.3, -0.25) is 0 Å². The van der Waals surface area contributed by atoms with E-state index >= 15 is 0 Å². The van der Waals surface area contributed by atoms with E-state index in [0.29, 0.717) is 25.0 Å². The lowest BCUT2D eigenvalue weighted by molar-refractivity contribution is 0.134. The van der Waals surface area contributed by atoms with E-state index in [-0.39, 0.29) is 12.7 Å². The van der Waals surface area contributed by atoms with Crippen LogP contribution in [-0.4, -0.2) is 24.4 Å². The molecule has 0 aliphatic heterocycles. The summed E-state index contributed by atoms with van der Waals surface area (Å²) in [5, 5.41) is 12.0. The Bertz CT molecular complexity index is 394. The predicted molar refractivity (Wildman–Crippen MR) is 72.5 cm³/mol. The molecule has 0 heterocycles. The smallest absolute Gasteiger partial charge is 0.407 e. The molecule has 0 bridgehead atoms. The third kappa shape index (κ3) is 4.24. The molecule has 2 rings (SSSR count). The predicted octanol–water partition coefficient (Wildman–Crippen LogP) is 2.32. The Labute approximate surface area is 113 Å². The Kier molecular flexibility index (Phi) is 5.21. The van der Waals surface area contributed by atoms with Crippen molar-refractivity contribution in [3.8, 4) is 0 Å². The largest absolute Gasteiger partial charge is 0.445 e. The van der Waals surface area contributed by atoms with Gasteiger partial charge >= 0.3 is 6.09 Å². The standard InChI is InChI=1S/C15H21NO3/c17-10-14-8-4-7-13(14)9-16-15(18)19-11-12-5-2-1-3-6-12/h1-3,5-6,13-14,17H,4,7-11H2,(H,16,18). The Morgan fingerprint density at radius 1 is 1.26 bits per heavy atom. The molecular weight excluding hydrogens is 242 g/mol. The second kappa shape index (κ2) is 7.14. The molecule has 0 aromatic heterocycles. The molecule has 0 radical (unpaired) electrons. The summed E-state index contributed by atoms with van der Waals surface area (Å²) in [5.41, 5.74) is 0.978. The maximum Gasteiger partial charge on any atom is 0.407 e. The quantitative estimate of drug-likeness (QED) is 0.857. The SMILES string of the molecule is O=C(NCC1CCCC1CO)OCc1ccccc1. The van der Waals surface area contributed by atoms with Crippen LogP contribution in [0.3, 0.4) is 0 Å². The van der Waals surface area contributed by atoms with Crippen LogP contribution in [0.4, 0.5) is 4.79 Å². The minimum Gasteiger partial charge on any atom is -0.445 e. The molecule has 0 saturated heterocycles. The molecule has 1 saturated carbocycles. The maximum absolute atomic E-state index is 11.6. The summed E-state index contributed by atoms with van der Waals surface area (Å²) < 4.78 is 5.14. The van der Waals surface area contributed by atoms with Crippen molar-refractivity contribution >= 4 is 6.09 Å². The fraction of sp³-hybridized carbons (Fsp3) is 0.533. The zero-order valence-electron chi connectivity index (χ0n) is 11.0. The summed E-state index contributed by atoms with van der Waals surface area (Å²) in [4.78, 5) is 11.6. The number of aliphatic hydroxyl groups excluding tert-OH is 1. The van der Waals surface area contributed by atoms with Crippen molar-refractivity contribution in [1.82, 2.24) is 5.32 Å². The number of aliphatic hydroxyl groups is 1. The van der Waals surface area contributed by atoms with Crippen LogP contribution in [0, 0.1) is 11.8 Å². The number of nitrogens with one attached hydrogen (secondary N) is 1. The van der Waals surface area contributed by atoms with Crippen molar-refractivity contribution in [2.45, 2.75) is 25.9 Å². The van der Waals surface area contributed by atoms with Gasteiger partial charge in [0.1, 0.15) is 6.61 Å². The van der Waals surface area contributed by atoms with Crippen molar-refractivity contribution in [2.75, 3.05) is 13.2 Å². The van der Waals surface area contributed by atoms with E-state index in [9.17, 15) is 9.90 Å². The van der Waals surface area contributed by atoms with Gasteiger partial charge in [-0.2, -0.15) is 0 Å². The lowest BCUT2D eigenvalue weighted by Crippen LogP contribution is -2.32.